The highest BCUT2D eigenvalue weighted by Gasteiger charge is 2.21. The van der Waals surface area contributed by atoms with Crippen molar-refractivity contribution in [2.45, 2.75) is 52.7 Å². The third kappa shape index (κ3) is 5.71. The topological polar surface area (TPSA) is 81.4 Å². The SMILES string of the molecule is Cc1noc(C)c1CCC(=O)O[C@@H](C)C(=O)N[C@H](C)c1ccc(Cl)cc1Cl. The average molecular weight is 413 g/mol. The summed E-state index contributed by atoms with van der Waals surface area (Å²) in [6.07, 6.45) is -0.333. The van der Waals surface area contributed by atoms with Gasteiger partial charge in [-0.15, -0.1) is 0 Å². The maximum atomic E-state index is 12.3. The zero-order valence-corrected chi connectivity index (χ0v) is 17.1. The Morgan fingerprint density at radius 1 is 1.26 bits per heavy atom. The quantitative estimate of drug-likeness (QED) is 0.683. The van der Waals surface area contributed by atoms with Crippen LogP contribution in [0.15, 0.2) is 22.7 Å². The van der Waals surface area contributed by atoms with Crippen molar-refractivity contribution in [3.05, 3.63) is 50.8 Å². The number of aromatic nitrogens is 1. The van der Waals surface area contributed by atoms with Gasteiger partial charge < -0.3 is 14.6 Å². The molecule has 0 radical (unpaired) electrons. The molecule has 2 rings (SSSR count). The van der Waals surface area contributed by atoms with E-state index < -0.39 is 18.0 Å². The molecule has 1 amide bonds. The van der Waals surface area contributed by atoms with E-state index in [0.29, 0.717) is 22.2 Å². The molecule has 0 spiro atoms. The van der Waals surface area contributed by atoms with Crippen LogP contribution in [-0.2, 0) is 20.7 Å². The van der Waals surface area contributed by atoms with E-state index in [-0.39, 0.29) is 12.5 Å². The minimum atomic E-state index is -0.921. The van der Waals surface area contributed by atoms with Crippen molar-refractivity contribution in [3.8, 4) is 0 Å². The largest absolute Gasteiger partial charge is 0.453 e. The standard InChI is InChI=1S/C19H22Cl2N2O4/c1-10(16-6-5-14(20)9-17(16)21)22-19(25)13(4)26-18(24)8-7-15-11(2)23-27-12(15)3/h5-6,9-10,13H,7-8H2,1-4H3,(H,22,25)/t10-,13+/m1/s1. The van der Waals surface area contributed by atoms with Gasteiger partial charge in [-0.2, -0.15) is 0 Å². The predicted octanol–water partition coefficient (Wildman–Crippen LogP) is 4.34. The van der Waals surface area contributed by atoms with Crippen LogP contribution in [0.2, 0.25) is 10.0 Å². The molecule has 0 aliphatic heterocycles. The van der Waals surface area contributed by atoms with Crippen molar-refractivity contribution in [1.29, 1.82) is 0 Å². The fourth-order valence-corrected chi connectivity index (χ4v) is 3.23. The van der Waals surface area contributed by atoms with Crippen molar-refractivity contribution in [1.82, 2.24) is 10.5 Å². The number of ether oxygens (including phenoxy) is 1. The monoisotopic (exact) mass is 412 g/mol. The third-order valence-electron chi connectivity index (χ3n) is 4.23. The Bertz CT molecular complexity index is 816. The third-order valence-corrected chi connectivity index (χ3v) is 4.79. The number of hydrogen-bond donors (Lipinski definition) is 1. The molecule has 0 saturated heterocycles. The first-order chi connectivity index (χ1) is 12.7. The zero-order chi connectivity index (χ0) is 20.1. The van der Waals surface area contributed by atoms with Crippen molar-refractivity contribution < 1.29 is 18.8 Å². The van der Waals surface area contributed by atoms with E-state index in [1.165, 1.54) is 6.92 Å². The maximum Gasteiger partial charge on any atom is 0.306 e. The number of rotatable bonds is 7. The number of amides is 1. The number of nitrogens with zero attached hydrogens (tertiary/aromatic N) is 1. The molecule has 0 aliphatic carbocycles. The van der Waals surface area contributed by atoms with Crippen LogP contribution < -0.4 is 5.32 Å². The molecule has 0 saturated carbocycles. The van der Waals surface area contributed by atoms with Crippen LogP contribution in [0.3, 0.4) is 0 Å². The number of carbonyl (C=O) groups is 2. The van der Waals surface area contributed by atoms with Gasteiger partial charge in [0.2, 0.25) is 0 Å². The molecule has 0 unspecified atom stereocenters. The summed E-state index contributed by atoms with van der Waals surface area (Å²) in [5.74, 6) is -0.186. The molecule has 27 heavy (non-hydrogen) atoms. The first kappa shape index (κ1) is 21.3. The van der Waals surface area contributed by atoms with Crippen LogP contribution in [0.25, 0.3) is 0 Å². The molecule has 8 heteroatoms. The summed E-state index contributed by atoms with van der Waals surface area (Å²) in [7, 11) is 0. The van der Waals surface area contributed by atoms with Gasteiger partial charge in [0.15, 0.2) is 6.10 Å². The summed E-state index contributed by atoms with van der Waals surface area (Å²) < 4.78 is 10.3. The first-order valence-electron chi connectivity index (χ1n) is 8.55. The van der Waals surface area contributed by atoms with Gasteiger partial charge in [0.1, 0.15) is 5.76 Å². The predicted molar refractivity (Wildman–Crippen MR) is 103 cm³/mol. The lowest BCUT2D eigenvalue weighted by Crippen LogP contribution is -2.37. The van der Waals surface area contributed by atoms with Crippen molar-refractivity contribution in [2.75, 3.05) is 0 Å². The van der Waals surface area contributed by atoms with Crippen LogP contribution in [0.4, 0.5) is 0 Å². The molecule has 2 aromatic rings. The zero-order valence-electron chi connectivity index (χ0n) is 15.6. The lowest BCUT2D eigenvalue weighted by Gasteiger charge is -2.19. The molecule has 2 atom stereocenters. The molecule has 0 aliphatic rings. The Kier molecular flexibility index (Phi) is 7.27. The molecule has 6 nitrogen and oxygen atoms in total. The highest BCUT2D eigenvalue weighted by Crippen LogP contribution is 2.26. The van der Waals surface area contributed by atoms with Crippen LogP contribution in [-0.4, -0.2) is 23.1 Å². The van der Waals surface area contributed by atoms with Crippen LogP contribution in [0.1, 0.15) is 48.9 Å². The van der Waals surface area contributed by atoms with Gasteiger partial charge in [0.25, 0.3) is 5.91 Å². The smallest absolute Gasteiger partial charge is 0.306 e. The average Bonchev–Trinajstić information content (AvgIpc) is 2.90. The van der Waals surface area contributed by atoms with Gasteiger partial charge >= 0.3 is 5.97 Å². The summed E-state index contributed by atoms with van der Waals surface area (Å²) in [4.78, 5) is 24.3. The Morgan fingerprint density at radius 2 is 1.96 bits per heavy atom. The molecule has 1 heterocycles. The van der Waals surface area contributed by atoms with E-state index in [4.69, 9.17) is 32.5 Å². The van der Waals surface area contributed by atoms with Crippen molar-refractivity contribution >= 4 is 35.1 Å². The summed E-state index contributed by atoms with van der Waals surface area (Å²) in [5.41, 5.74) is 2.36. The second-order valence-electron chi connectivity index (χ2n) is 6.33. The molecule has 1 aromatic heterocycles. The number of esters is 1. The van der Waals surface area contributed by atoms with Gasteiger partial charge in [0, 0.05) is 22.0 Å². The Balaban J connectivity index is 1.86. The van der Waals surface area contributed by atoms with E-state index >= 15 is 0 Å². The number of benzene rings is 1. The highest BCUT2D eigenvalue weighted by molar-refractivity contribution is 6.35. The number of nitrogens with one attached hydrogen (secondary N) is 1. The van der Waals surface area contributed by atoms with E-state index in [0.717, 1.165) is 16.8 Å². The Hall–Kier alpha value is -2.05. The molecule has 0 bridgehead atoms. The summed E-state index contributed by atoms with van der Waals surface area (Å²) in [5, 5.41) is 7.60. The summed E-state index contributed by atoms with van der Waals surface area (Å²) in [6, 6.07) is 4.70. The Labute approximate surface area is 168 Å². The van der Waals surface area contributed by atoms with Gasteiger partial charge in [-0.05, 0) is 51.8 Å². The van der Waals surface area contributed by atoms with Crippen LogP contribution in [0, 0.1) is 13.8 Å². The lowest BCUT2D eigenvalue weighted by molar-refractivity contribution is -0.155. The lowest BCUT2D eigenvalue weighted by atomic mass is 10.1. The molecular weight excluding hydrogens is 391 g/mol. The molecule has 0 fully saturated rings. The van der Waals surface area contributed by atoms with Gasteiger partial charge in [-0.25, -0.2) is 0 Å². The second-order valence-corrected chi connectivity index (χ2v) is 7.17. The highest BCUT2D eigenvalue weighted by atomic mass is 35.5. The van der Waals surface area contributed by atoms with Crippen LogP contribution in [0.5, 0.6) is 0 Å². The fourth-order valence-electron chi connectivity index (χ4n) is 2.66. The molecule has 146 valence electrons. The number of halogens is 2. The van der Waals surface area contributed by atoms with E-state index in [2.05, 4.69) is 10.5 Å². The maximum absolute atomic E-state index is 12.3. The number of aryl methyl sites for hydroxylation is 2. The van der Waals surface area contributed by atoms with E-state index in [1.807, 2.05) is 6.92 Å². The second kappa shape index (κ2) is 9.24. The summed E-state index contributed by atoms with van der Waals surface area (Å²) in [6.45, 7) is 6.93. The molecular formula is C19H22Cl2N2O4. The molecule has 1 aromatic carbocycles. The van der Waals surface area contributed by atoms with Crippen molar-refractivity contribution in [2.24, 2.45) is 0 Å². The van der Waals surface area contributed by atoms with E-state index in [1.54, 1.807) is 32.0 Å². The number of carbonyl (C=O) groups excluding carboxylic acids is 2. The van der Waals surface area contributed by atoms with Gasteiger partial charge in [-0.3, -0.25) is 9.59 Å². The van der Waals surface area contributed by atoms with Gasteiger partial charge in [-0.1, -0.05) is 34.4 Å². The fraction of sp³-hybridized carbons (Fsp3) is 0.421. The van der Waals surface area contributed by atoms with E-state index in [9.17, 15) is 9.59 Å². The minimum absolute atomic E-state index is 0.138. The summed E-state index contributed by atoms with van der Waals surface area (Å²) >= 11 is 12.0. The van der Waals surface area contributed by atoms with Crippen molar-refractivity contribution in [3.63, 3.8) is 0 Å². The van der Waals surface area contributed by atoms with Gasteiger partial charge in [0.05, 0.1) is 11.7 Å². The van der Waals surface area contributed by atoms with Crippen LogP contribution >= 0.6 is 23.2 Å². The Morgan fingerprint density at radius 3 is 2.56 bits per heavy atom. The molecule has 1 N–H and O–H groups in total. The normalized spacial score (nSPS) is 13.1. The number of hydrogen-bond acceptors (Lipinski definition) is 5. The minimum Gasteiger partial charge on any atom is -0.453 e. The first-order valence-corrected chi connectivity index (χ1v) is 9.31.